The molecule has 0 spiro atoms. The standard InChI is InChI=1S/C13H13FN2O3/c1-8(13(17)18)15-6-11-7-19-12(16-11)9-3-2-4-10(14)5-9/h2-5,7-8,15H,6H2,1H3,(H,17,18). The van der Waals surface area contributed by atoms with Gasteiger partial charge in [0.15, 0.2) is 0 Å². The highest BCUT2D eigenvalue weighted by atomic mass is 19.1. The molecule has 1 heterocycles. The van der Waals surface area contributed by atoms with E-state index in [1.54, 1.807) is 12.1 Å². The predicted molar refractivity (Wildman–Crippen MR) is 65.8 cm³/mol. The molecule has 0 aliphatic heterocycles. The number of hydrogen-bond donors (Lipinski definition) is 2. The third-order valence-electron chi connectivity index (χ3n) is 2.58. The van der Waals surface area contributed by atoms with Crippen molar-refractivity contribution in [1.29, 1.82) is 0 Å². The van der Waals surface area contributed by atoms with Gasteiger partial charge in [-0.2, -0.15) is 0 Å². The number of hydrogen-bond acceptors (Lipinski definition) is 4. The van der Waals surface area contributed by atoms with Crippen LogP contribution in [0.15, 0.2) is 34.9 Å². The molecule has 0 saturated heterocycles. The number of rotatable bonds is 5. The van der Waals surface area contributed by atoms with E-state index in [4.69, 9.17) is 9.52 Å². The molecular weight excluding hydrogens is 251 g/mol. The summed E-state index contributed by atoms with van der Waals surface area (Å²) < 4.78 is 18.3. The number of aromatic nitrogens is 1. The number of carboxylic acids is 1. The number of nitrogens with one attached hydrogen (secondary N) is 1. The lowest BCUT2D eigenvalue weighted by Gasteiger charge is -2.05. The molecule has 0 aliphatic carbocycles. The zero-order valence-electron chi connectivity index (χ0n) is 10.3. The third kappa shape index (κ3) is 3.38. The van der Waals surface area contributed by atoms with Crippen molar-refractivity contribution in [3.63, 3.8) is 0 Å². The maximum Gasteiger partial charge on any atom is 0.320 e. The number of carbonyl (C=O) groups is 1. The van der Waals surface area contributed by atoms with Crippen LogP contribution in [0.2, 0.25) is 0 Å². The molecule has 0 fully saturated rings. The minimum Gasteiger partial charge on any atom is -0.480 e. The van der Waals surface area contributed by atoms with Crippen molar-refractivity contribution in [2.45, 2.75) is 19.5 Å². The topological polar surface area (TPSA) is 75.4 Å². The molecule has 100 valence electrons. The van der Waals surface area contributed by atoms with E-state index in [1.165, 1.54) is 25.3 Å². The van der Waals surface area contributed by atoms with Gasteiger partial charge in [-0.15, -0.1) is 0 Å². The van der Waals surface area contributed by atoms with E-state index in [0.29, 0.717) is 17.1 Å². The van der Waals surface area contributed by atoms with Gasteiger partial charge >= 0.3 is 5.97 Å². The third-order valence-corrected chi connectivity index (χ3v) is 2.58. The number of benzene rings is 1. The van der Waals surface area contributed by atoms with Gasteiger partial charge in [-0.05, 0) is 25.1 Å². The summed E-state index contributed by atoms with van der Waals surface area (Å²) in [7, 11) is 0. The van der Waals surface area contributed by atoms with Gasteiger partial charge in [0.1, 0.15) is 18.1 Å². The number of halogens is 1. The van der Waals surface area contributed by atoms with E-state index >= 15 is 0 Å². The summed E-state index contributed by atoms with van der Waals surface area (Å²) in [5, 5.41) is 11.5. The van der Waals surface area contributed by atoms with Crippen molar-refractivity contribution in [1.82, 2.24) is 10.3 Å². The van der Waals surface area contributed by atoms with Gasteiger partial charge in [0.25, 0.3) is 0 Å². The van der Waals surface area contributed by atoms with Gasteiger partial charge in [-0.25, -0.2) is 9.37 Å². The Morgan fingerprint density at radius 2 is 2.37 bits per heavy atom. The van der Waals surface area contributed by atoms with E-state index < -0.39 is 12.0 Å². The molecule has 19 heavy (non-hydrogen) atoms. The fourth-order valence-corrected chi connectivity index (χ4v) is 1.49. The highest BCUT2D eigenvalue weighted by Crippen LogP contribution is 2.19. The SMILES string of the molecule is CC(NCc1coc(-c2cccc(F)c2)n1)C(=O)O. The van der Waals surface area contributed by atoms with Gasteiger partial charge in [-0.3, -0.25) is 10.1 Å². The van der Waals surface area contributed by atoms with Crippen LogP contribution in [0.25, 0.3) is 11.5 Å². The number of carboxylic acid groups (broad SMARTS) is 1. The van der Waals surface area contributed by atoms with E-state index in [0.717, 1.165) is 0 Å². The second kappa shape index (κ2) is 5.62. The van der Waals surface area contributed by atoms with Crippen LogP contribution in [0, 0.1) is 5.82 Å². The van der Waals surface area contributed by atoms with E-state index in [1.807, 2.05) is 0 Å². The van der Waals surface area contributed by atoms with Crippen molar-refractivity contribution in [2.75, 3.05) is 0 Å². The molecule has 1 unspecified atom stereocenters. The lowest BCUT2D eigenvalue weighted by molar-refractivity contribution is -0.139. The molecule has 2 rings (SSSR count). The predicted octanol–water partition coefficient (Wildman–Crippen LogP) is 2.04. The Morgan fingerprint density at radius 1 is 1.58 bits per heavy atom. The second-order valence-corrected chi connectivity index (χ2v) is 4.10. The maximum absolute atomic E-state index is 13.1. The van der Waals surface area contributed by atoms with Gasteiger partial charge < -0.3 is 9.52 Å². The molecule has 6 heteroatoms. The van der Waals surface area contributed by atoms with Crippen LogP contribution in [0.4, 0.5) is 4.39 Å². The van der Waals surface area contributed by atoms with Crippen LogP contribution in [-0.2, 0) is 11.3 Å². The summed E-state index contributed by atoms with van der Waals surface area (Å²) in [5.41, 5.74) is 1.10. The van der Waals surface area contributed by atoms with Crippen LogP contribution in [0.5, 0.6) is 0 Å². The first kappa shape index (κ1) is 13.2. The Balaban J connectivity index is 2.05. The Bertz CT molecular complexity index is 583. The van der Waals surface area contributed by atoms with Crippen LogP contribution in [0.1, 0.15) is 12.6 Å². The fourth-order valence-electron chi connectivity index (χ4n) is 1.49. The van der Waals surface area contributed by atoms with E-state index in [2.05, 4.69) is 10.3 Å². The summed E-state index contributed by atoms with van der Waals surface area (Å²) in [6, 6.07) is 5.24. The molecule has 0 radical (unpaired) electrons. The first-order chi connectivity index (χ1) is 9.06. The second-order valence-electron chi connectivity index (χ2n) is 4.10. The van der Waals surface area contributed by atoms with Crippen LogP contribution in [0.3, 0.4) is 0 Å². The Labute approximate surface area is 109 Å². The van der Waals surface area contributed by atoms with Crippen molar-refractivity contribution in [2.24, 2.45) is 0 Å². The lowest BCUT2D eigenvalue weighted by atomic mass is 10.2. The van der Waals surface area contributed by atoms with Crippen molar-refractivity contribution in [3.05, 3.63) is 42.0 Å². The maximum atomic E-state index is 13.1. The van der Waals surface area contributed by atoms with Gasteiger partial charge in [0.2, 0.25) is 5.89 Å². The molecule has 1 atom stereocenters. The quantitative estimate of drug-likeness (QED) is 0.864. The smallest absolute Gasteiger partial charge is 0.320 e. The molecule has 2 N–H and O–H groups in total. The number of aliphatic carboxylic acids is 1. The molecule has 2 aromatic rings. The minimum atomic E-state index is -0.936. The molecule has 0 bridgehead atoms. The van der Waals surface area contributed by atoms with E-state index in [9.17, 15) is 9.18 Å². The highest BCUT2D eigenvalue weighted by Gasteiger charge is 2.12. The van der Waals surface area contributed by atoms with Gasteiger partial charge in [0, 0.05) is 12.1 Å². The summed E-state index contributed by atoms with van der Waals surface area (Å²) in [4.78, 5) is 14.8. The van der Waals surface area contributed by atoms with Gasteiger partial charge in [0.05, 0.1) is 5.69 Å². The molecule has 0 aliphatic rings. The van der Waals surface area contributed by atoms with Crippen LogP contribution < -0.4 is 5.32 Å². The molecular formula is C13H13FN2O3. The fraction of sp³-hybridized carbons (Fsp3) is 0.231. The Kier molecular flexibility index (Phi) is 3.91. The first-order valence-electron chi connectivity index (χ1n) is 5.73. The van der Waals surface area contributed by atoms with Crippen molar-refractivity contribution in [3.8, 4) is 11.5 Å². The largest absolute Gasteiger partial charge is 0.480 e. The average Bonchev–Trinajstić information content (AvgIpc) is 2.84. The Morgan fingerprint density at radius 3 is 3.05 bits per heavy atom. The highest BCUT2D eigenvalue weighted by molar-refractivity contribution is 5.72. The summed E-state index contributed by atoms with van der Waals surface area (Å²) in [6.45, 7) is 1.81. The number of nitrogens with zero attached hydrogens (tertiary/aromatic N) is 1. The van der Waals surface area contributed by atoms with Crippen molar-refractivity contribution >= 4 is 5.97 Å². The zero-order chi connectivity index (χ0) is 13.8. The number of oxazole rings is 1. The van der Waals surface area contributed by atoms with E-state index in [-0.39, 0.29) is 12.4 Å². The molecule has 1 aromatic carbocycles. The molecule has 0 saturated carbocycles. The minimum absolute atomic E-state index is 0.270. The van der Waals surface area contributed by atoms with Crippen LogP contribution in [-0.4, -0.2) is 22.1 Å². The summed E-state index contributed by atoms with van der Waals surface area (Å²) >= 11 is 0. The summed E-state index contributed by atoms with van der Waals surface area (Å²) in [6.07, 6.45) is 1.42. The first-order valence-corrected chi connectivity index (χ1v) is 5.73. The lowest BCUT2D eigenvalue weighted by Crippen LogP contribution is -2.33. The van der Waals surface area contributed by atoms with Crippen molar-refractivity contribution < 1.29 is 18.7 Å². The molecule has 1 aromatic heterocycles. The van der Waals surface area contributed by atoms with Gasteiger partial charge in [-0.1, -0.05) is 6.07 Å². The average molecular weight is 264 g/mol. The normalized spacial score (nSPS) is 12.3. The van der Waals surface area contributed by atoms with Crippen LogP contribution >= 0.6 is 0 Å². The summed E-state index contributed by atoms with van der Waals surface area (Å²) in [5.74, 6) is -0.997. The molecule has 5 nitrogen and oxygen atoms in total. The Hall–Kier alpha value is -2.21. The zero-order valence-corrected chi connectivity index (χ0v) is 10.3. The molecule has 0 amide bonds. The monoisotopic (exact) mass is 264 g/mol.